The third-order valence-electron chi connectivity index (χ3n) is 6.67. The molecule has 0 fully saturated rings. The van der Waals surface area contributed by atoms with Crippen LogP contribution in [0.15, 0.2) is 85.5 Å². The summed E-state index contributed by atoms with van der Waals surface area (Å²) in [6, 6.07) is 21.4. The summed E-state index contributed by atoms with van der Waals surface area (Å²) in [4.78, 5) is 19.3. The van der Waals surface area contributed by atoms with Gasteiger partial charge in [-0.1, -0.05) is 69.3 Å². The van der Waals surface area contributed by atoms with Gasteiger partial charge in [0.15, 0.2) is 0 Å². The lowest BCUT2D eigenvalue weighted by Gasteiger charge is -2.17. The molecule has 2 amide bonds. The molecule has 0 radical (unpaired) electrons. The van der Waals surface area contributed by atoms with Crippen molar-refractivity contribution >= 4 is 11.7 Å². The second kappa shape index (κ2) is 12.2. The van der Waals surface area contributed by atoms with Gasteiger partial charge in [0.1, 0.15) is 5.75 Å². The Morgan fingerprint density at radius 3 is 2.08 bits per heavy atom. The van der Waals surface area contributed by atoms with E-state index in [1.807, 2.05) is 47.2 Å². The topological polar surface area (TPSA) is 71.4 Å². The van der Waals surface area contributed by atoms with Crippen LogP contribution in [0.1, 0.15) is 37.9 Å². The second-order valence-electron chi connectivity index (χ2n) is 8.68. The van der Waals surface area contributed by atoms with Crippen molar-refractivity contribution in [3.8, 4) is 22.6 Å². The number of carbonyl (C=O) groups excluding carboxylic acids is 1. The lowest BCUT2D eigenvalue weighted by Crippen LogP contribution is -2.32. The average molecular weight is 498 g/mol. The molecule has 4 aromatic rings. The molecule has 192 valence electrons. The van der Waals surface area contributed by atoms with Gasteiger partial charge in [-0.3, -0.25) is 0 Å². The van der Waals surface area contributed by atoms with Gasteiger partial charge in [0.25, 0.3) is 0 Å². The molecule has 3 aromatic carbocycles. The first-order valence-electron chi connectivity index (χ1n) is 12.7. The third-order valence-corrected chi connectivity index (χ3v) is 6.67. The zero-order valence-corrected chi connectivity index (χ0v) is 21.9. The van der Waals surface area contributed by atoms with E-state index in [9.17, 15) is 4.79 Å². The van der Waals surface area contributed by atoms with E-state index in [1.54, 1.807) is 25.7 Å². The number of aromatic nitrogens is 2. The molecule has 0 saturated heterocycles. The lowest BCUT2D eigenvalue weighted by atomic mass is 10.1. The molecule has 0 unspecified atom stereocenters. The van der Waals surface area contributed by atoms with Crippen LogP contribution in [0, 0.1) is 0 Å². The predicted octanol–water partition coefficient (Wildman–Crippen LogP) is 6.12. The number of ether oxygens (including phenoxy) is 1. The molecular weight excluding hydrogens is 462 g/mol. The van der Waals surface area contributed by atoms with Gasteiger partial charge in [-0.05, 0) is 54.0 Å². The van der Waals surface area contributed by atoms with Crippen molar-refractivity contribution in [2.24, 2.45) is 0 Å². The summed E-state index contributed by atoms with van der Waals surface area (Å²) < 4.78 is 7.35. The monoisotopic (exact) mass is 497 g/mol. The van der Waals surface area contributed by atoms with Gasteiger partial charge >= 0.3 is 6.03 Å². The minimum absolute atomic E-state index is 0.190. The van der Waals surface area contributed by atoms with Crippen molar-refractivity contribution in [2.75, 3.05) is 32.1 Å². The van der Waals surface area contributed by atoms with Gasteiger partial charge in [0, 0.05) is 24.1 Å². The molecule has 2 N–H and O–H groups in total. The quantitative estimate of drug-likeness (QED) is 0.323. The molecule has 5 rings (SSSR count). The van der Waals surface area contributed by atoms with Crippen molar-refractivity contribution < 1.29 is 9.53 Å². The average Bonchev–Trinajstić information content (AvgIpc) is 3.58. The predicted molar refractivity (Wildman–Crippen MR) is 149 cm³/mol. The standard InChI is InChI=1S/C24H20N4O2.C6H15N/c1-30-22-14-16(10-11-21(22)28-13-12-25-15-28)26-24(29)27-23-19-8-4-2-6-17(19)18-7-3-5-9-20(18)23;1-4-7(5-2)6-3/h2-15,23H,1H3,(H2,26,27,29);4-6H2,1-3H3. The Bertz CT molecular complexity index is 1260. The number of benzene rings is 3. The van der Waals surface area contributed by atoms with E-state index >= 15 is 0 Å². The first-order valence-corrected chi connectivity index (χ1v) is 12.7. The maximum absolute atomic E-state index is 12.8. The number of urea groups is 1. The first kappa shape index (κ1) is 26.0. The fourth-order valence-corrected chi connectivity index (χ4v) is 4.65. The number of hydrogen-bond acceptors (Lipinski definition) is 4. The van der Waals surface area contributed by atoms with Crippen LogP contribution in [0.25, 0.3) is 16.8 Å². The molecule has 0 spiro atoms. The number of anilines is 1. The number of rotatable bonds is 7. The van der Waals surface area contributed by atoms with Gasteiger partial charge in [-0.2, -0.15) is 0 Å². The van der Waals surface area contributed by atoms with Gasteiger partial charge < -0.3 is 24.8 Å². The Morgan fingerprint density at radius 2 is 1.57 bits per heavy atom. The van der Waals surface area contributed by atoms with Crippen LogP contribution in [0.3, 0.4) is 0 Å². The molecule has 37 heavy (non-hydrogen) atoms. The van der Waals surface area contributed by atoms with Crippen molar-refractivity contribution in [1.82, 2.24) is 19.8 Å². The van der Waals surface area contributed by atoms with E-state index in [2.05, 4.69) is 65.6 Å². The maximum Gasteiger partial charge on any atom is 0.319 e. The summed E-state index contributed by atoms with van der Waals surface area (Å²) in [7, 11) is 1.60. The molecule has 1 heterocycles. The molecule has 0 aliphatic heterocycles. The number of methoxy groups -OCH3 is 1. The van der Waals surface area contributed by atoms with Crippen molar-refractivity contribution in [2.45, 2.75) is 26.8 Å². The lowest BCUT2D eigenvalue weighted by molar-refractivity contribution is 0.250. The normalized spacial score (nSPS) is 11.8. The molecule has 0 saturated carbocycles. The van der Waals surface area contributed by atoms with E-state index in [-0.39, 0.29) is 12.1 Å². The zero-order chi connectivity index (χ0) is 26.2. The van der Waals surface area contributed by atoms with Crippen molar-refractivity contribution in [3.63, 3.8) is 0 Å². The Balaban J connectivity index is 0.000000405. The number of hydrogen-bond donors (Lipinski definition) is 2. The Kier molecular flexibility index (Phi) is 8.59. The summed E-state index contributed by atoms with van der Waals surface area (Å²) in [6.45, 7) is 10.1. The van der Waals surface area contributed by atoms with Gasteiger partial charge in [0.2, 0.25) is 0 Å². The summed E-state index contributed by atoms with van der Waals surface area (Å²) in [6.07, 6.45) is 5.25. The largest absolute Gasteiger partial charge is 0.494 e. The van der Waals surface area contributed by atoms with Crippen LogP contribution in [0.5, 0.6) is 5.75 Å². The SMILES string of the molecule is CCN(CC)CC.COc1cc(NC(=O)NC2c3ccccc3-c3ccccc32)ccc1-n1ccnc1. The van der Waals surface area contributed by atoms with Crippen LogP contribution in [-0.2, 0) is 0 Å². The molecule has 0 atom stereocenters. The highest BCUT2D eigenvalue weighted by Gasteiger charge is 2.29. The highest BCUT2D eigenvalue weighted by atomic mass is 16.5. The van der Waals surface area contributed by atoms with Crippen LogP contribution in [0.4, 0.5) is 10.5 Å². The van der Waals surface area contributed by atoms with Crippen LogP contribution in [-0.4, -0.2) is 47.2 Å². The summed E-state index contributed by atoms with van der Waals surface area (Å²) >= 11 is 0. The number of nitrogens with one attached hydrogen (secondary N) is 2. The second-order valence-corrected chi connectivity index (χ2v) is 8.68. The zero-order valence-electron chi connectivity index (χ0n) is 21.9. The van der Waals surface area contributed by atoms with Crippen LogP contribution >= 0.6 is 0 Å². The summed E-state index contributed by atoms with van der Waals surface area (Å²) in [5.41, 5.74) is 6.01. The molecule has 7 heteroatoms. The van der Waals surface area contributed by atoms with Crippen molar-refractivity contribution in [3.05, 3.63) is 96.6 Å². The highest BCUT2D eigenvalue weighted by Crippen LogP contribution is 2.43. The van der Waals surface area contributed by atoms with Crippen molar-refractivity contribution in [1.29, 1.82) is 0 Å². The minimum atomic E-state index is -0.274. The van der Waals surface area contributed by atoms with Gasteiger partial charge in [0.05, 0.1) is 25.2 Å². The molecule has 1 aliphatic rings. The minimum Gasteiger partial charge on any atom is -0.494 e. The number of nitrogens with zero attached hydrogens (tertiary/aromatic N) is 3. The van der Waals surface area contributed by atoms with Crippen LogP contribution < -0.4 is 15.4 Å². The first-order chi connectivity index (χ1) is 18.1. The number of imidazole rings is 1. The Hall–Kier alpha value is -4.10. The van der Waals surface area contributed by atoms with E-state index in [0.717, 1.165) is 27.9 Å². The fraction of sp³-hybridized carbons (Fsp3) is 0.267. The molecule has 1 aromatic heterocycles. The molecular formula is C30H35N5O2. The van der Waals surface area contributed by atoms with Gasteiger partial charge in [-0.15, -0.1) is 0 Å². The molecule has 7 nitrogen and oxygen atoms in total. The number of carbonyl (C=O) groups is 1. The maximum atomic E-state index is 12.8. The summed E-state index contributed by atoms with van der Waals surface area (Å²) in [5.74, 6) is 0.641. The number of fused-ring (bicyclic) bond motifs is 3. The molecule has 0 bridgehead atoms. The van der Waals surface area contributed by atoms with E-state index in [1.165, 1.54) is 19.6 Å². The highest BCUT2D eigenvalue weighted by molar-refractivity contribution is 5.91. The van der Waals surface area contributed by atoms with Gasteiger partial charge in [-0.25, -0.2) is 9.78 Å². The third kappa shape index (κ3) is 5.84. The van der Waals surface area contributed by atoms with E-state index in [4.69, 9.17) is 4.74 Å². The van der Waals surface area contributed by atoms with E-state index < -0.39 is 0 Å². The Morgan fingerprint density at radius 1 is 0.946 bits per heavy atom. The smallest absolute Gasteiger partial charge is 0.319 e. The van der Waals surface area contributed by atoms with E-state index in [0.29, 0.717) is 11.4 Å². The van der Waals surface area contributed by atoms with Crippen LogP contribution in [0.2, 0.25) is 0 Å². The number of amides is 2. The Labute approximate surface area is 219 Å². The molecule has 1 aliphatic carbocycles. The fourth-order valence-electron chi connectivity index (χ4n) is 4.65. The summed E-state index contributed by atoms with van der Waals surface area (Å²) in [5, 5.41) is 6.04.